The number of ether oxygens (including phenoxy) is 1. The van der Waals surface area contributed by atoms with Crippen LogP contribution >= 0.6 is 0 Å². The van der Waals surface area contributed by atoms with E-state index >= 15 is 0 Å². The van der Waals surface area contributed by atoms with Crippen LogP contribution in [-0.2, 0) is 4.79 Å². The molecule has 0 bridgehead atoms. The maximum atomic E-state index is 12.5. The molecule has 1 saturated heterocycles. The molecule has 1 amide bonds. The molecule has 1 unspecified atom stereocenters. The maximum Gasteiger partial charge on any atom is 0.244 e. The van der Waals surface area contributed by atoms with Crippen LogP contribution in [0.15, 0.2) is 18.2 Å². The molecule has 2 rings (SSSR count). The van der Waals surface area contributed by atoms with Gasteiger partial charge in [-0.2, -0.15) is 5.26 Å². The molecule has 0 saturated carbocycles. The summed E-state index contributed by atoms with van der Waals surface area (Å²) in [6.45, 7) is 2.87. The number of carbonyl (C=O) groups is 1. The van der Waals surface area contributed by atoms with Crippen LogP contribution in [0.4, 0.5) is 5.69 Å². The molecule has 2 N–H and O–H groups in total. The summed E-state index contributed by atoms with van der Waals surface area (Å²) >= 11 is 0. The van der Waals surface area contributed by atoms with Crippen LogP contribution in [0, 0.1) is 11.3 Å². The van der Waals surface area contributed by atoms with Crippen molar-refractivity contribution in [3.05, 3.63) is 23.8 Å². The van der Waals surface area contributed by atoms with Gasteiger partial charge in [-0.3, -0.25) is 4.79 Å². The van der Waals surface area contributed by atoms with Gasteiger partial charge in [-0.1, -0.05) is 6.92 Å². The Morgan fingerprint density at radius 3 is 2.95 bits per heavy atom. The highest BCUT2D eigenvalue weighted by Crippen LogP contribution is 2.29. The SMILES string of the molecule is CCC1(C(=O)Nc2ccc(C#N)cc2OC)CCCN1. The van der Waals surface area contributed by atoms with Gasteiger partial charge in [0, 0.05) is 6.07 Å². The van der Waals surface area contributed by atoms with E-state index in [4.69, 9.17) is 10.00 Å². The van der Waals surface area contributed by atoms with Crippen LogP contribution in [0.2, 0.25) is 0 Å². The van der Waals surface area contributed by atoms with Crippen molar-refractivity contribution in [2.45, 2.75) is 31.7 Å². The third-order valence-electron chi connectivity index (χ3n) is 3.86. The summed E-state index contributed by atoms with van der Waals surface area (Å²) in [6, 6.07) is 7.04. The molecular formula is C15H19N3O2. The van der Waals surface area contributed by atoms with Crippen molar-refractivity contribution in [1.82, 2.24) is 5.32 Å². The fourth-order valence-electron chi connectivity index (χ4n) is 2.57. The first-order valence-electron chi connectivity index (χ1n) is 6.80. The molecule has 0 spiro atoms. The van der Waals surface area contributed by atoms with Gasteiger partial charge in [0.05, 0.1) is 30.0 Å². The van der Waals surface area contributed by atoms with Gasteiger partial charge in [-0.15, -0.1) is 0 Å². The van der Waals surface area contributed by atoms with E-state index in [1.807, 2.05) is 6.92 Å². The second kappa shape index (κ2) is 5.93. The number of rotatable bonds is 4. The molecule has 106 valence electrons. The third-order valence-corrected chi connectivity index (χ3v) is 3.86. The zero-order valence-corrected chi connectivity index (χ0v) is 11.8. The Kier molecular flexibility index (Phi) is 4.26. The van der Waals surface area contributed by atoms with Crippen LogP contribution in [0.1, 0.15) is 31.7 Å². The minimum Gasteiger partial charge on any atom is -0.495 e. The van der Waals surface area contributed by atoms with Crippen LogP contribution in [0.5, 0.6) is 5.75 Å². The van der Waals surface area contributed by atoms with E-state index in [2.05, 4.69) is 16.7 Å². The highest BCUT2D eigenvalue weighted by Gasteiger charge is 2.39. The Hall–Kier alpha value is -2.06. The molecule has 1 atom stereocenters. The smallest absolute Gasteiger partial charge is 0.244 e. The second-order valence-electron chi connectivity index (χ2n) is 4.95. The Labute approximate surface area is 118 Å². The summed E-state index contributed by atoms with van der Waals surface area (Å²) in [5, 5.41) is 15.1. The largest absolute Gasteiger partial charge is 0.495 e. The summed E-state index contributed by atoms with van der Waals surface area (Å²) in [6.07, 6.45) is 2.59. The quantitative estimate of drug-likeness (QED) is 0.880. The van der Waals surface area contributed by atoms with Gasteiger partial charge in [0.2, 0.25) is 5.91 Å². The van der Waals surface area contributed by atoms with E-state index < -0.39 is 5.54 Å². The van der Waals surface area contributed by atoms with Crippen LogP contribution < -0.4 is 15.4 Å². The van der Waals surface area contributed by atoms with Gasteiger partial charge in [-0.25, -0.2) is 0 Å². The lowest BCUT2D eigenvalue weighted by Gasteiger charge is -2.27. The Balaban J connectivity index is 2.21. The van der Waals surface area contributed by atoms with Crippen molar-refractivity contribution in [3.63, 3.8) is 0 Å². The molecule has 5 nitrogen and oxygen atoms in total. The predicted octanol–water partition coefficient (Wildman–Crippen LogP) is 2.04. The van der Waals surface area contributed by atoms with E-state index in [9.17, 15) is 4.79 Å². The number of hydrogen-bond acceptors (Lipinski definition) is 4. The van der Waals surface area contributed by atoms with Crippen molar-refractivity contribution in [3.8, 4) is 11.8 Å². The normalized spacial score (nSPS) is 21.2. The molecule has 1 heterocycles. The molecule has 1 aromatic carbocycles. The van der Waals surface area contributed by atoms with E-state index in [0.29, 0.717) is 17.0 Å². The van der Waals surface area contributed by atoms with Crippen molar-refractivity contribution < 1.29 is 9.53 Å². The van der Waals surface area contributed by atoms with Gasteiger partial charge >= 0.3 is 0 Å². The van der Waals surface area contributed by atoms with Gasteiger partial charge in [0.25, 0.3) is 0 Å². The number of anilines is 1. The van der Waals surface area contributed by atoms with Gasteiger partial charge in [0.1, 0.15) is 5.75 Å². The molecule has 1 fully saturated rings. The molecular weight excluding hydrogens is 254 g/mol. The number of carbonyl (C=O) groups excluding carboxylic acids is 1. The molecule has 0 radical (unpaired) electrons. The monoisotopic (exact) mass is 273 g/mol. The Morgan fingerprint density at radius 2 is 2.40 bits per heavy atom. The minimum atomic E-state index is -0.487. The van der Waals surface area contributed by atoms with Crippen molar-refractivity contribution >= 4 is 11.6 Å². The fraction of sp³-hybridized carbons (Fsp3) is 0.467. The Bertz CT molecular complexity index is 543. The number of hydrogen-bond donors (Lipinski definition) is 2. The topological polar surface area (TPSA) is 74.2 Å². The van der Waals surface area contributed by atoms with E-state index in [-0.39, 0.29) is 5.91 Å². The lowest BCUT2D eigenvalue weighted by Crippen LogP contribution is -2.50. The van der Waals surface area contributed by atoms with E-state index in [0.717, 1.165) is 25.8 Å². The van der Waals surface area contributed by atoms with Crippen molar-refractivity contribution in [1.29, 1.82) is 5.26 Å². The number of methoxy groups -OCH3 is 1. The zero-order valence-electron chi connectivity index (χ0n) is 11.8. The Morgan fingerprint density at radius 1 is 1.60 bits per heavy atom. The predicted molar refractivity (Wildman–Crippen MR) is 76.6 cm³/mol. The lowest BCUT2D eigenvalue weighted by molar-refractivity contribution is -0.122. The fourth-order valence-corrected chi connectivity index (χ4v) is 2.57. The zero-order chi connectivity index (χ0) is 14.6. The number of nitrogens with zero attached hydrogens (tertiary/aromatic N) is 1. The second-order valence-corrected chi connectivity index (χ2v) is 4.95. The number of benzene rings is 1. The molecule has 20 heavy (non-hydrogen) atoms. The highest BCUT2D eigenvalue weighted by atomic mass is 16.5. The molecule has 1 aliphatic rings. The lowest BCUT2D eigenvalue weighted by atomic mass is 9.93. The first-order chi connectivity index (χ1) is 9.65. The first kappa shape index (κ1) is 14.4. The van der Waals surface area contributed by atoms with Gasteiger partial charge in [0.15, 0.2) is 0 Å². The molecule has 1 aliphatic heterocycles. The summed E-state index contributed by atoms with van der Waals surface area (Å²) in [7, 11) is 1.52. The number of nitriles is 1. The average Bonchev–Trinajstić information content (AvgIpc) is 2.97. The molecule has 0 aliphatic carbocycles. The summed E-state index contributed by atoms with van der Waals surface area (Å²) in [5.41, 5.74) is 0.612. The van der Waals surface area contributed by atoms with Crippen LogP contribution in [0.25, 0.3) is 0 Å². The number of nitrogens with one attached hydrogen (secondary N) is 2. The van der Waals surface area contributed by atoms with Crippen molar-refractivity contribution in [2.24, 2.45) is 0 Å². The van der Waals surface area contributed by atoms with Gasteiger partial charge < -0.3 is 15.4 Å². The van der Waals surface area contributed by atoms with Crippen molar-refractivity contribution in [2.75, 3.05) is 19.0 Å². The standard InChI is InChI=1S/C15H19N3O2/c1-3-15(7-4-8-17-15)14(19)18-12-6-5-11(10-16)9-13(12)20-2/h5-6,9,17H,3-4,7-8H2,1-2H3,(H,18,19). The highest BCUT2D eigenvalue weighted by molar-refractivity contribution is 5.99. The summed E-state index contributed by atoms with van der Waals surface area (Å²) < 4.78 is 5.23. The summed E-state index contributed by atoms with van der Waals surface area (Å²) in [4.78, 5) is 12.5. The minimum absolute atomic E-state index is 0.0412. The average molecular weight is 273 g/mol. The molecule has 5 heteroatoms. The van der Waals surface area contributed by atoms with Gasteiger partial charge in [-0.05, 0) is 37.9 Å². The number of amides is 1. The molecule has 0 aromatic heterocycles. The van der Waals surface area contributed by atoms with E-state index in [1.54, 1.807) is 18.2 Å². The van der Waals surface area contributed by atoms with Crippen LogP contribution in [-0.4, -0.2) is 25.1 Å². The maximum absolute atomic E-state index is 12.5. The van der Waals surface area contributed by atoms with Crippen LogP contribution in [0.3, 0.4) is 0 Å². The summed E-state index contributed by atoms with van der Waals surface area (Å²) in [5.74, 6) is 0.460. The third kappa shape index (κ3) is 2.61. The first-order valence-corrected chi connectivity index (χ1v) is 6.80. The molecule has 1 aromatic rings. The van der Waals surface area contributed by atoms with E-state index in [1.165, 1.54) is 7.11 Å².